The lowest BCUT2D eigenvalue weighted by molar-refractivity contribution is -0.120. The van der Waals surface area contributed by atoms with Gasteiger partial charge in [0.05, 0.1) is 11.4 Å². The molecule has 0 saturated heterocycles. The third-order valence-electron chi connectivity index (χ3n) is 3.56. The molecule has 0 fully saturated rings. The van der Waals surface area contributed by atoms with Crippen LogP contribution < -0.4 is 15.4 Å². The summed E-state index contributed by atoms with van der Waals surface area (Å²) in [6.45, 7) is 1.25. The number of anilines is 1. The molecule has 0 aromatic heterocycles. The van der Waals surface area contributed by atoms with E-state index in [-0.39, 0.29) is 16.6 Å². The Morgan fingerprint density at radius 2 is 1.63 bits per heavy atom. The average Bonchev–Trinajstić information content (AvgIpc) is 2.62. The summed E-state index contributed by atoms with van der Waals surface area (Å²) in [5.41, 5.74) is 1.33. The summed E-state index contributed by atoms with van der Waals surface area (Å²) in [4.78, 5) is 22.7. The molecule has 0 heterocycles. The van der Waals surface area contributed by atoms with Gasteiger partial charge in [-0.25, -0.2) is 17.5 Å². The van der Waals surface area contributed by atoms with Gasteiger partial charge in [0, 0.05) is 19.2 Å². The van der Waals surface area contributed by atoms with Crippen molar-refractivity contribution in [1.29, 1.82) is 0 Å². The third-order valence-corrected chi connectivity index (χ3v) is 4.97. The first-order valence-electron chi connectivity index (χ1n) is 8.15. The van der Waals surface area contributed by atoms with Crippen LogP contribution in [-0.2, 0) is 26.0 Å². The molecule has 7 nitrogen and oxygen atoms in total. The zero-order valence-electron chi connectivity index (χ0n) is 14.7. The summed E-state index contributed by atoms with van der Waals surface area (Å²) < 4.78 is 39.4. The summed E-state index contributed by atoms with van der Waals surface area (Å²) in [5.74, 6) is -1.07. The van der Waals surface area contributed by atoms with E-state index in [0.29, 0.717) is 18.7 Å². The maximum atomic E-state index is 12.8. The second kappa shape index (κ2) is 9.24. The quantitative estimate of drug-likeness (QED) is 0.631. The second-order valence-electron chi connectivity index (χ2n) is 5.76. The van der Waals surface area contributed by atoms with Gasteiger partial charge in [-0.2, -0.15) is 0 Å². The first kappa shape index (κ1) is 20.5. The summed E-state index contributed by atoms with van der Waals surface area (Å²) in [7, 11) is -3.85. The Morgan fingerprint density at radius 1 is 1.00 bits per heavy atom. The van der Waals surface area contributed by atoms with Gasteiger partial charge in [0.1, 0.15) is 5.82 Å². The van der Waals surface area contributed by atoms with Gasteiger partial charge in [-0.15, -0.1) is 0 Å². The minimum absolute atomic E-state index is 0.0179. The van der Waals surface area contributed by atoms with E-state index in [1.54, 1.807) is 12.1 Å². The normalized spacial score (nSPS) is 11.0. The molecule has 0 unspecified atom stereocenters. The summed E-state index contributed by atoms with van der Waals surface area (Å²) in [6, 6.07) is 11.5. The number of carbonyl (C=O) groups is 2. The lowest BCUT2D eigenvalue weighted by atomic mass is 10.1. The van der Waals surface area contributed by atoms with Gasteiger partial charge in [-0.3, -0.25) is 9.59 Å². The van der Waals surface area contributed by atoms with Crippen molar-refractivity contribution in [3.05, 3.63) is 59.9 Å². The predicted octanol–water partition coefficient (Wildman–Crippen LogP) is 1.42. The Morgan fingerprint density at radius 3 is 2.22 bits per heavy atom. The van der Waals surface area contributed by atoms with Crippen LogP contribution in [0.1, 0.15) is 12.5 Å². The zero-order chi connectivity index (χ0) is 19.9. The minimum Gasteiger partial charge on any atom is -0.355 e. The van der Waals surface area contributed by atoms with E-state index in [1.807, 2.05) is 0 Å². The maximum absolute atomic E-state index is 12.8. The van der Waals surface area contributed by atoms with Crippen LogP contribution in [0.15, 0.2) is 53.4 Å². The number of rotatable bonds is 8. The molecule has 0 bridgehead atoms. The molecule has 0 radical (unpaired) electrons. The fourth-order valence-electron chi connectivity index (χ4n) is 2.22. The van der Waals surface area contributed by atoms with Crippen molar-refractivity contribution in [2.45, 2.75) is 18.2 Å². The minimum atomic E-state index is -3.85. The van der Waals surface area contributed by atoms with Gasteiger partial charge < -0.3 is 10.6 Å². The Balaban J connectivity index is 1.80. The van der Waals surface area contributed by atoms with Crippen molar-refractivity contribution in [3.63, 3.8) is 0 Å². The van der Waals surface area contributed by atoms with Crippen LogP contribution in [0.5, 0.6) is 0 Å². The van der Waals surface area contributed by atoms with Gasteiger partial charge in [0.2, 0.25) is 21.8 Å². The monoisotopic (exact) mass is 393 g/mol. The van der Waals surface area contributed by atoms with Crippen molar-refractivity contribution in [2.75, 3.05) is 18.4 Å². The highest BCUT2D eigenvalue weighted by Gasteiger charge is 2.15. The molecule has 2 aromatic rings. The van der Waals surface area contributed by atoms with E-state index in [4.69, 9.17) is 0 Å². The van der Waals surface area contributed by atoms with Crippen molar-refractivity contribution >= 4 is 27.5 Å². The second-order valence-corrected chi connectivity index (χ2v) is 7.52. The van der Waals surface area contributed by atoms with E-state index in [0.717, 1.165) is 5.56 Å². The number of hydrogen-bond donors (Lipinski definition) is 3. The summed E-state index contributed by atoms with van der Waals surface area (Å²) >= 11 is 0. The molecule has 0 atom stereocenters. The Hall–Kier alpha value is -2.78. The molecule has 2 aromatic carbocycles. The number of amides is 2. The molecule has 0 aliphatic carbocycles. The summed E-state index contributed by atoms with van der Waals surface area (Å²) in [6.07, 6.45) is 0.503. The lowest BCUT2D eigenvalue weighted by Crippen LogP contribution is -2.37. The van der Waals surface area contributed by atoms with E-state index >= 15 is 0 Å². The molecule has 144 valence electrons. The molecule has 27 heavy (non-hydrogen) atoms. The molecular formula is C18H20FN3O4S. The standard InChI is InChI=1S/C18H20FN3O4S/c1-13(23)22-16-6-8-17(9-7-16)27(25,26)21-12-18(24)20-11-10-14-2-4-15(19)5-3-14/h2-9,21H,10-12H2,1H3,(H,20,24)(H,22,23). The first-order chi connectivity index (χ1) is 12.8. The molecule has 2 amide bonds. The van der Waals surface area contributed by atoms with Crippen molar-refractivity contribution in [2.24, 2.45) is 0 Å². The number of nitrogens with one attached hydrogen (secondary N) is 3. The average molecular weight is 393 g/mol. The largest absolute Gasteiger partial charge is 0.355 e. The van der Waals surface area contributed by atoms with Crippen LogP contribution in [0.3, 0.4) is 0 Å². The van der Waals surface area contributed by atoms with Crippen molar-refractivity contribution in [3.8, 4) is 0 Å². The number of hydrogen-bond acceptors (Lipinski definition) is 4. The van der Waals surface area contributed by atoms with Crippen LogP contribution in [0.4, 0.5) is 10.1 Å². The predicted molar refractivity (Wildman–Crippen MR) is 99.0 cm³/mol. The number of benzene rings is 2. The molecule has 0 aliphatic heterocycles. The van der Waals surface area contributed by atoms with E-state index in [9.17, 15) is 22.4 Å². The van der Waals surface area contributed by atoms with Gasteiger partial charge in [0.15, 0.2) is 0 Å². The molecule has 9 heteroatoms. The maximum Gasteiger partial charge on any atom is 0.241 e. The van der Waals surface area contributed by atoms with Gasteiger partial charge >= 0.3 is 0 Å². The Bertz CT molecular complexity index is 897. The van der Waals surface area contributed by atoms with Crippen LogP contribution in [0, 0.1) is 5.82 Å². The highest BCUT2D eigenvalue weighted by atomic mass is 32.2. The number of halogens is 1. The molecule has 0 spiro atoms. The highest BCUT2D eigenvalue weighted by Crippen LogP contribution is 2.13. The molecule has 2 rings (SSSR count). The van der Waals surface area contributed by atoms with Crippen LogP contribution in [0.25, 0.3) is 0 Å². The highest BCUT2D eigenvalue weighted by molar-refractivity contribution is 7.89. The van der Waals surface area contributed by atoms with Crippen LogP contribution >= 0.6 is 0 Å². The van der Waals surface area contributed by atoms with E-state index in [1.165, 1.54) is 43.3 Å². The van der Waals surface area contributed by atoms with E-state index < -0.39 is 22.5 Å². The Kier molecular flexibility index (Phi) is 7.03. The van der Waals surface area contributed by atoms with E-state index in [2.05, 4.69) is 15.4 Å². The fourth-order valence-corrected chi connectivity index (χ4v) is 3.21. The molecule has 0 aliphatic rings. The third kappa shape index (κ3) is 6.80. The van der Waals surface area contributed by atoms with Gasteiger partial charge in [-0.05, 0) is 48.4 Å². The molecule has 3 N–H and O–H groups in total. The van der Waals surface area contributed by atoms with Crippen molar-refractivity contribution in [1.82, 2.24) is 10.0 Å². The number of carbonyl (C=O) groups excluding carboxylic acids is 2. The van der Waals surface area contributed by atoms with Crippen LogP contribution in [-0.4, -0.2) is 33.3 Å². The molecule has 0 saturated carbocycles. The van der Waals surface area contributed by atoms with Gasteiger partial charge in [-0.1, -0.05) is 12.1 Å². The summed E-state index contributed by atoms with van der Waals surface area (Å²) in [5, 5.41) is 5.13. The molecular weight excluding hydrogens is 373 g/mol. The first-order valence-corrected chi connectivity index (χ1v) is 9.63. The number of sulfonamides is 1. The topological polar surface area (TPSA) is 104 Å². The Labute approximate surface area is 157 Å². The zero-order valence-corrected chi connectivity index (χ0v) is 15.5. The van der Waals surface area contributed by atoms with Gasteiger partial charge in [0.25, 0.3) is 0 Å². The SMILES string of the molecule is CC(=O)Nc1ccc(S(=O)(=O)NCC(=O)NCCc2ccc(F)cc2)cc1. The fraction of sp³-hybridized carbons (Fsp3) is 0.222. The lowest BCUT2D eigenvalue weighted by Gasteiger charge is -2.09. The van der Waals surface area contributed by atoms with Crippen LogP contribution in [0.2, 0.25) is 0 Å². The van der Waals surface area contributed by atoms with Crippen molar-refractivity contribution < 1.29 is 22.4 Å². The smallest absolute Gasteiger partial charge is 0.241 e.